The van der Waals surface area contributed by atoms with Crippen LogP contribution < -0.4 is 9.64 Å². The molecule has 0 aliphatic heterocycles. The number of carbonyl (C=O) groups is 1. The average Bonchev–Trinajstić information content (AvgIpc) is 2.37. The lowest BCUT2D eigenvalue weighted by Crippen LogP contribution is -2.50. The van der Waals surface area contributed by atoms with Crippen LogP contribution in [0.15, 0.2) is 12.4 Å². The highest BCUT2D eigenvalue weighted by Crippen LogP contribution is 2.23. The maximum absolute atomic E-state index is 11.3. The molecule has 0 spiro atoms. The number of likely N-dealkylation sites (N-methyl/N-ethyl adjacent to an activating group) is 1. The fourth-order valence-electron chi connectivity index (χ4n) is 1.70. The zero-order chi connectivity index (χ0) is 14.5. The smallest absolute Gasteiger partial charge is 0.328 e. The molecule has 0 atom stereocenters. The normalized spacial score (nSPS) is 11.2. The SMILES string of the molecule is CCCOc1cncc(N(CC)C(C)(C)C(=O)O)n1. The Labute approximate surface area is 113 Å². The number of ether oxygens (including phenoxy) is 1. The summed E-state index contributed by atoms with van der Waals surface area (Å²) in [5.74, 6) is 0.0125. The summed E-state index contributed by atoms with van der Waals surface area (Å²) in [4.78, 5) is 21.4. The van der Waals surface area contributed by atoms with Gasteiger partial charge in [-0.3, -0.25) is 4.98 Å². The second-order valence-electron chi connectivity index (χ2n) is 4.67. The van der Waals surface area contributed by atoms with E-state index >= 15 is 0 Å². The van der Waals surface area contributed by atoms with Crippen molar-refractivity contribution in [3.8, 4) is 5.88 Å². The van der Waals surface area contributed by atoms with Crippen molar-refractivity contribution in [2.24, 2.45) is 0 Å². The van der Waals surface area contributed by atoms with E-state index in [1.165, 1.54) is 6.20 Å². The molecule has 19 heavy (non-hydrogen) atoms. The predicted octanol–water partition coefficient (Wildman–Crippen LogP) is 1.95. The lowest BCUT2D eigenvalue weighted by Gasteiger charge is -2.34. The van der Waals surface area contributed by atoms with Gasteiger partial charge in [-0.05, 0) is 27.2 Å². The van der Waals surface area contributed by atoms with Crippen molar-refractivity contribution in [1.29, 1.82) is 0 Å². The van der Waals surface area contributed by atoms with Gasteiger partial charge in [0, 0.05) is 6.54 Å². The van der Waals surface area contributed by atoms with Gasteiger partial charge in [-0.2, -0.15) is 4.98 Å². The lowest BCUT2D eigenvalue weighted by molar-refractivity contribution is -0.142. The van der Waals surface area contributed by atoms with Crippen LogP contribution in [0.3, 0.4) is 0 Å². The highest BCUT2D eigenvalue weighted by molar-refractivity contribution is 5.82. The first kappa shape index (κ1) is 15.2. The van der Waals surface area contributed by atoms with Gasteiger partial charge in [0.15, 0.2) is 5.82 Å². The van der Waals surface area contributed by atoms with Gasteiger partial charge in [-0.25, -0.2) is 4.79 Å². The van der Waals surface area contributed by atoms with E-state index in [4.69, 9.17) is 4.74 Å². The van der Waals surface area contributed by atoms with Gasteiger partial charge in [0.05, 0.1) is 19.0 Å². The van der Waals surface area contributed by atoms with Crippen LogP contribution in [-0.4, -0.2) is 39.7 Å². The Balaban J connectivity index is 3.02. The first-order chi connectivity index (χ1) is 8.93. The standard InChI is InChI=1S/C13H21N3O3/c1-5-7-19-11-9-14-8-10(15-11)16(6-2)13(3,4)12(17)18/h8-9H,5-7H2,1-4H3,(H,17,18). The van der Waals surface area contributed by atoms with Crippen LogP contribution in [0.1, 0.15) is 34.1 Å². The lowest BCUT2D eigenvalue weighted by atomic mass is 10.0. The first-order valence-corrected chi connectivity index (χ1v) is 6.39. The van der Waals surface area contributed by atoms with Crippen LogP contribution in [0.5, 0.6) is 5.88 Å². The number of hydrogen-bond acceptors (Lipinski definition) is 5. The molecule has 0 unspecified atom stereocenters. The van der Waals surface area contributed by atoms with Gasteiger partial charge >= 0.3 is 5.97 Å². The molecule has 0 bridgehead atoms. The maximum atomic E-state index is 11.3. The Kier molecular flexibility index (Phi) is 5.09. The molecule has 0 amide bonds. The van der Waals surface area contributed by atoms with E-state index in [0.717, 1.165) is 6.42 Å². The average molecular weight is 267 g/mol. The number of carboxylic acids is 1. The third kappa shape index (κ3) is 3.56. The Morgan fingerprint density at radius 3 is 2.63 bits per heavy atom. The number of aromatic nitrogens is 2. The summed E-state index contributed by atoms with van der Waals surface area (Å²) in [7, 11) is 0. The molecule has 0 saturated heterocycles. The zero-order valence-corrected chi connectivity index (χ0v) is 11.9. The molecule has 1 rings (SSSR count). The third-order valence-corrected chi connectivity index (χ3v) is 2.84. The van der Waals surface area contributed by atoms with Gasteiger partial charge in [0.2, 0.25) is 5.88 Å². The van der Waals surface area contributed by atoms with Gasteiger partial charge in [0.1, 0.15) is 5.54 Å². The Bertz CT molecular complexity index is 435. The number of hydrogen-bond donors (Lipinski definition) is 1. The molecule has 0 radical (unpaired) electrons. The second-order valence-corrected chi connectivity index (χ2v) is 4.67. The van der Waals surface area contributed by atoms with Crippen molar-refractivity contribution < 1.29 is 14.6 Å². The molecule has 0 fully saturated rings. The maximum Gasteiger partial charge on any atom is 0.328 e. The summed E-state index contributed by atoms with van der Waals surface area (Å²) >= 11 is 0. The molecule has 1 N–H and O–H groups in total. The van der Waals surface area contributed by atoms with Crippen LogP contribution in [0.25, 0.3) is 0 Å². The Morgan fingerprint density at radius 1 is 1.42 bits per heavy atom. The molecule has 1 aromatic heterocycles. The third-order valence-electron chi connectivity index (χ3n) is 2.84. The molecule has 0 saturated carbocycles. The van der Waals surface area contributed by atoms with Gasteiger partial charge < -0.3 is 14.7 Å². The number of aliphatic carboxylic acids is 1. The fraction of sp³-hybridized carbons (Fsp3) is 0.615. The summed E-state index contributed by atoms with van der Waals surface area (Å²) in [6.45, 7) is 8.24. The quantitative estimate of drug-likeness (QED) is 0.813. The summed E-state index contributed by atoms with van der Waals surface area (Å²) in [6, 6.07) is 0. The molecule has 0 aliphatic rings. The largest absolute Gasteiger partial charge is 0.480 e. The molecule has 0 aliphatic carbocycles. The highest BCUT2D eigenvalue weighted by atomic mass is 16.5. The topological polar surface area (TPSA) is 75.5 Å². The second kappa shape index (κ2) is 6.36. The van der Waals surface area contributed by atoms with E-state index in [-0.39, 0.29) is 0 Å². The summed E-state index contributed by atoms with van der Waals surface area (Å²) < 4.78 is 5.42. The Morgan fingerprint density at radius 2 is 2.11 bits per heavy atom. The monoisotopic (exact) mass is 267 g/mol. The van der Waals surface area contributed by atoms with Crippen LogP contribution in [-0.2, 0) is 4.79 Å². The van der Waals surface area contributed by atoms with Crippen LogP contribution >= 0.6 is 0 Å². The number of rotatable bonds is 7. The van der Waals surface area contributed by atoms with E-state index in [9.17, 15) is 9.90 Å². The van der Waals surface area contributed by atoms with E-state index in [1.807, 2.05) is 13.8 Å². The minimum Gasteiger partial charge on any atom is -0.480 e. The van der Waals surface area contributed by atoms with Crippen LogP contribution in [0.2, 0.25) is 0 Å². The van der Waals surface area contributed by atoms with Gasteiger partial charge in [-0.15, -0.1) is 0 Å². The molecular formula is C13H21N3O3. The van der Waals surface area contributed by atoms with Crippen LogP contribution in [0.4, 0.5) is 5.82 Å². The molecule has 106 valence electrons. The van der Waals surface area contributed by atoms with Crippen molar-refractivity contribution in [3.63, 3.8) is 0 Å². The summed E-state index contributed by atoms with van der Waals surface area (Å²) in [5.41, 5.74) is -1.05. The van der Waals surface area contributed by atoms with E-state index in [1.54, 1.807) is 24.9 Å². The number of carboxylic acid groups (broad SMARTS) is 1. The zero-order valence-electron chi connectivity index (χ0n) is 11.9. The minimum absolute atomic E-state index is 0.416. The molecule has 6 nitrogen and oxygen atoms in total. The van der Waals surface area contributed by atoms with E-state index in [2.05, 4.69) is 9.97 Å². The minimum atomic E-state index is -1.05. The first-order valence-electron chi connectivity index (χ1n) is 6.39. The van der Waals surface area contributed by atoms with Crippen molar-refractivity contribution in [2.45, 2.75) is 39.7 Å². The molecule has 1 heterocycles. The van der Waals surface area contributed by atoms with E-state index < -0.39 is 11.5 Å². The van der Waals surface area contributed by atoms with Gasteiger partial charge in [-0.1, -0.05) is 6.92 Å². The summed E-state index contributed by atoms with van der Waals surface area (Å²) in [6.07, 6.45) is 3.96. The molecular weight excluding hydrogens is 246 g/mol. The van der Waals surface area contributed by atoms with Crippen LogP contribution in [0, 0.1) is 0 Å². The van der Waals surface area contributed by atoms with Crippen molar-refractivity contribution in [3.05, 3.63) is 12.4 Å². The van der Waals surface area contributed by atoms with Gasteiger partial charge in [0.25, 0.3) is 0 Å². The van der Waals surface area contributed by atoms with Crippen molar-refractivity contribution in [2.75, 3.05) is 18.1 Å². The molecule has 6 heteroatoms. The number of anilines is 1. The fourth-order valence-corrected chi connectivity index (χ4v) is 1.70. The predicted molar refractivity (Wildman–Crippen MR) is 72.6 cm³/mol. The molecule has 1 aromatic rings. The van der Waals surface area contributed by atoms with Crippen molar-refractivity contribution in [1.82, 2.24) is 9.97 Å². The number of nitrogens with zero attached hydrogens (tertiary/aromatic N) is 3. The summed E-state index contributed by atoms with van der Waals surface area (Å²) in [5, 5.41) is 9.29. The Hall–Kier alpha value is -1.85. The van der Waals surface area contributed by atoms with E-state index in [0.29, 0.717) is 24.8 Å². The highest BCUT2D eigenvalue weighted by Gasteiger charge is 2.34. The molecule has 0 aromatic carbocycles. The van der Waals surface area contributed by atoms with Crippen molar-refractivity contribution >= 4 is 11.8 Å².